The zero-order chi connectivity index (χ0) is 26.2. The number of aliphatic hydroxyl groups excluding tert-OH is 1. The van der Waals surface area contributed by atoms with E-state index in [0.717, 1.165) is 83.7 Å². The molecule has 1 unspecified atom stereocenters. The summed E-state index contributed by atoms with van der Waals surface area (Å²) in [6, 6.07) is 4.77. The third-order valence-corrected chi connectivity index (χ3v) is 8.18. The molecule has 0 bridgehead atoms. The van der Waals surface area contributed by atoms with Gasteiger partial charge in [-0.05, 0) is 56.5 Å². The van der Waals surface area contributed by atoms with Crippen LogP contribution >= 0.6 is 0 Å². The predicted octanol–water partition coefficient (Wildman–Crippen LogP) is 3.96. The van der Waals surface area contributed by atoms with Crippen LogP contribution in [0.3, 0.4) is 0 Å². The van der Waals surface area contributed by atoms with Gasteiger partial charge in [0.15, 0.2) is 5.65 Å². The quantitative estimate of drug-likeness (QED) is 0.401. The molecule has 3 aromatic heterocycles. The largest absolute Gasteiger partial charge is 0.394 e. The molecule has 4 aromatic rings. The van der Waals surface area contributed by atoms with Crippen molar-refractivity contribution in [2.24, 2.45) is 0 Å². The van der Waals surface area contributed by atoms with Gasteiger partial charge in [0.25, 0.3) is 0 Å². The Labute approximate surface area is 223 Å². The van der Waals surface area contributed by atoms with Crippen LogP contribution in [0.25, 0.3) is 33.5 Å². The number of benzene rings is 1. The number of H-pyrrole nitrogens is 1. The molecule has 2 N–H and O–H groups in total. The van der Waals surface area contributed by atoms with Gasteiger partial charge in [-0.3, -0.25) is 4.68 Å². The summed E-state index contributed by atoms with van der Waals surface area (Å²) in [6.45, 7) is 11.9. The van der Waals surface area contributed by atoms with Gasteiger partial charge in [0.1, 0.15) is 5.52 Å². The number of rotatable bonds is 6. The number of piperidine rings is 1. The van der Waals surface area contributed by atoms with Crippen molar-refractivity contribution in [2.75, 3.05) is 50.9 Å². The molecule has 0 radical (unpaired) electrons. The fraction of sp³-hybridized carbons (Fsp3) is 0.483. The number of hydrogen-bond donors (Lipinski definition) is 2. The van der Waals surface area contributed by atoms with Crippen LogP contribution in [-0.2, 0) is 4.74 Å². The fourth-order valence-electron chi connectivity index (χ4n) is 6.08. The third-order valence-electron chi connectivity index (χ3n) is 8.18. The Morgan fingerprint density at radius 3 is 2.61 bits per heavy atom. The Hall–Kier alpha value is -3.27. The SMILES string of the molecule is CCN1CCC(n2cc(-c3c[nH]c4ncc(-c5cc(C)c(N6CCOCC6CO)c(C)c5)nc34)cn2)CC1. The Bertz CT molecular complexity index is 1400. The summed E-state index contributed by atoms with van der Waals surface area (Å²) < 4.78 is 7.73. The molecule has 1 atom stereocenters. The van der Waals surface area contributed by atoms with Gasteiger partial charge >= 0.3 is 0 Å². The van der Waals surface area contributed by atoms with E-state index in [1.54, 1.807) is 0 Å². The van der Waals surface area contributed by atoms with E-state index >= 15 is 0 Å². The molecule has 0 aliphatic carbocycles. The van der Waals surface area contributed by atoms with Gasteiger partial charge < -0.3 is 24.6 Å². The predicted molar refractivity (Wildman–Crippen MR) is 149 cm³/mol. The molecule has 6 rings (SSSR count). The van der Waals surface area contributed by atoms with E-state index in [4.69, 9.17) is 19.8 Å². The summed E-state index contributed by atoms with van der Waals surface area (Å²) in [5.41, 5.74) is 9.09. The molecule has 38 heavy (non-hydrogen) atoms. The van der Waals surface area contributed by atoms with Gasteiger partial charge in [-0.1, -0.05) is 6.92 Å². The number of aliphatic hydroxyl groups is 1. The zero-order valence-electron chi connectivity index (χ0n) is 22.5. The second-order valence-electron chi connectivity index (χ2n) is 10.6. The highest BCUT2D eigenvalue weighted by Crippen LogP contribution is 2.34. The van der Waals surface area contributed by atoms with Crippen LogP contribution in [0, 0.1) is 13.8 Å². The molecule has 5 heterocycles. The Balaban J connectivity index is 1.30. The highest BCUT2D eigenvalue weighted by atomic mass is 16.5. The minimum absolute atomic E-state index is 0.0225. The number of morpholine rings is 1. The number of aromatic nitrogens is 5. The zero-order valence-corrected chi connectivity index (χ0v) is 22.5. The summed E-state index contributed by atoms with van der Waals surface area (Å²) in [6.07, 6.45) is 10.2. The lowest BCUT2D eigenvalue weighted by molar-refractivity contribution is 0.0726. The maximum atomic E-state index is 9.88. The molecule has 9 nitrogen and oxygen atoms in total. The smallest absolute Gasteiger partial charge is 0.156 e. The molecule has 2 aliphatic heterocycles. The van der Waals surface area contributed by atoms with E-state index in [0.29, 0.717) is 19.3 Å². The topological polar surface area (TPSA) is 95.3 Å². The average Bonchev–Trinajstić information content (AvgIpc) is 3.60. The first-order valence-electron chi connectivity index (χ1n) is 13.7. The molecule has 0 saturated carbocycles. The van der Waals surface area contributed by atoms with Crippen molar-refractivity contribution < 1.29 is 9.84 Å². The standard InChI is InChI=1S/C29H37N7O2/c1-4-34-7-5-23(6-8-34)36-16-22(13-32-36)25-14-30-29-27(25)33-26(15-31-29)21-11-19(2)28(20(3)12-21)35-9-10-38-18-24(35)17-37/h11-16,23-24,37H,4-10,17-18H2,1-3H3,(H,30,31). The van der Waals surface area contributed by atoms with Gasteiger partial charge in [0.2, 0.25) is 0 Å². The molecule has 0 amide bonds. The maximum Gasteiger partial charge on any atom is 0.156 e. The average molecular weight is 516 g/mol. The van der Waals surface area contributed by atoms with Crippen molar-refractivity contribution in [1.29, 1.82) is 0 Å². The molecular weight excluding hydrogens is 478 g/mol. The minimum atomic E-state index is -0.0225. The summed E-state index contributed by atoms with van der Waals surface area (Å²) in [7, 11) is 0. The van der Waals surface area contributed by atoms with Crippen LogP contribution in [0.1, 0.15) is 36.9 Å². The van der Waals surface area contributed by atoms with E-state index in [-0.39, 0.29) is 12.6 Å². The second kappa shape index (κ2) is 10.5. The molecule has 9 heteroatoms. The highest BCUT2D eigenvalue weighted by Gasteiger charge is 2.26. The Morgan fingerprint density at radius 2 is 1.87 bits per heavy atom. The van der Waals surface area contributed by atoms with Crippen LogP contribution in [0.4, 0.5) is 5.69 Å². The summed E-state index contributed by atoms with van der Waals surface area (Å²) in [5.74, 6) is 0. The first-order chi connectivity index (χ1) is 18.6. The summed E-state index contributed by atoms with van der Waals surface area (Å²) in [5, 5.41) is 14.6. The highest BCUT2D eigenvalue weighted by molar-refractivity contribution is 5.91. The molecular formula is C29H37N7O2. The van der Waals surface area contributed by atoms with Crippen LogP contribution in [0.5, 0.6) is 0 Å². The normalized spacial score (nSPS) is 19.5. The number of aryl methyl sites for hydroxylation is 2. The lowest BCUT2D eigenvalue weighted by Gasteiger charge is -2.38. The van der Waals surface area contributed by atoms with Crippen molar-refractivity contribution >= 4 is 16.9 Å². The lowest BCUT2D eigenvalue weighted by Crippen LogP contribution is -2.48. The van der Waals surface area contributed by atoms with Crippen molar-refractivity contribution in [3.05, 3.63) is 48.0 Å². The molecule has 1 aromatic carbocycles. The number of hydrogen-bond acceptors (Lipinski definition) is 7. The van der Waals surface area contributed by atoms with E-state index < -0.39 is 0 Å². The molecule has 2 saturated heterocycles. The van der Waals surface area contributed by atoms with Crippen LogP contribution in [0.15, 0.2) is 36.9 Å². The van der Waals surface area contributed by atoms with Crippen molar-refractivity contribution in [2.45, 2.75) is 45.7 Å². The number of aromatic amines is 1. The lowest BCUT2D eigenvalue weighted by atomic mass is 10.00. The van der Waals surface area contributed by atoms with E-state index in [2.05, 4.69) is 58.6 Å². The van der Waals surface area contributed by atoms with Crippen LogP contribution in [0.2, 0.25) is 0 Å². The number of fused-ring (bicyclic) bond motifs is 1. The van der Waals surface area contributed by atoms with Crippen LogP contribution in [-0.4, -0.2) is 86.8 Å². The molecule has 200 valence electrons. The van der Waals surface area contributed by atoms with Crippen LogP contribution < -0.4 is 4.90 Å². The van der Waals surface area contributed by atoms with Crippen molar-refractivity contribution in [3.63, 3.8) is 0 Å². The number of ether oxygens (including phenoxy) is 1. The van der Waals surface area contributed by atoms with Gasteiger partial charge in [-0.15, -0.1) is 0 Å². The summed E-state index contributed by atoms with van der Waals surface area (Å²) in [4.78, 5) is 17.8. The van der Waals surface area contributed by atoms with Crippen molar-refractivity contribution in [3.8, 4) is 22.4 Å². The van der Waals surface area contributed by atoms with Crippen molar-refractivity contribution in [1.82, 2.24) is 29.6 Å². The minimum Gasteiger partial charge on any atom is -0.394 e. The van der Waals surface area contributed by atoms with Gasteiger partial charge in [0.05, 0.1) is 50.0 Å². The summed E-state index contributed by atoms with van der Waals surface area (Å²) >= 11 is 0. The maximum absolute atomic E-state index is 9.88. The van der Waals surface area contributed by atoms with E-state index in [1.807, 2.05) is 18.6 Å². The second-order valence-corrected chi connectivity index (χ2v) is 10.6. The van der Waals surface area contributed by atoms with E-state index in [9.17, 15) is 5.11 Å². The number of nitrogens with zero attached hydrogens (tertiary/aromatic N) is 6. The molecule has 2 fully saturated rings. The Morgan fingerprint density at radius 1 is 1.08 bits per heavy atom. The molecule has 2 aliphatic rings. The van der Waals surface area contributed by atoms with Gasteiger partial charge in [-0.25, -0.2) is 9.97 Å². The Kier molecular flexibility index (Phi) is 6.90. The van der Waals surface area contributed by atoms with Gasteiger partial charge in [0, 0.05) is 54.4 Å². The van der Waals surface area contributed by atoms with Gasteiger partial charge in [-0.2, -0.15) is 5.10 Å². The fourth-order valence-corrected chi connectivity index (χ4v) is 6.08. The molecule has 0 spiro atoms. The number of anilines is 1. The first kappa shape index (κ1) is 25.0. The monoisotopic (exact) mass is 515 g/mol. The number of nitrogens with one attached hydrogen (secondary N) is 1. The first-order valence-corrected chi connectivity index (χ1v) is 13.7. The third kappa shape index (κ3) is 4.59. The van der Waals surface area contributed by atoms with E-state index in [1.165, 1.54) is 5.69 Å². The number of likely N-dealkylation sites (tertiary alicyclic amines) is 1.